The number of hydrogen-bond donors (Lipinski definition) is 0. The quantitative estimate of drug-likeness (QED) is 0.546. The predicted molar refractivity (Wildman–Crippen MR) is 105 cm³/mol. The van der Waals surface area contributed by atoms with Crippen molar-refractivity contribution in [3.63, 3.8) is 0 Å². The van der Waals surface area contributed by atoms with Gasteiger partial charge in [0.25, 0.3) is 0 Å². The molecule has 0 radical (unpaired) electrons. The summed E-state index contributed by atoms with van der Waals surface area (Å²) in [5.74, 6) is 9.04. The van der Waals surface area contributed by atoms with Crippen LogP contribution >= 0.6 is 7.37 Å². The summed E-state index contributed by atoms with van der Waals surface area (Å²) in [6.45, 7) is 0. The van der Waals surface area contributed by atoms with Crippen molar-refractivity contribution in [3.8, 4) is 0 Å². The topological polar surface area (TPSA) is 26.3 Å². The van der Waals surface area contributed by atoms with Crippen molar-refractivity contribution in [2.45, 2.75) is 64.2 Å². The minimum absolute atomic E-state index is 0.727. The maximum atomic E-state index is 13.9. The third-order valence-electron chi connectivity index (χ3n) is 10.2. The molecule has 8 rings (SSSR count). The van der Waals surface area contributed by atoms with Crippen LogP contribution in [0.25, 0.3) is 0 Å². The zero-order valence-corrected chi connectivity index (χ0v) is 17.4. The molecule has 2 nitrogen and oxygen atoms in total. The molecule has 0 aliphatic heterocycles. The molecule has 0 aromatic rings. The van der Waals surface area contributed by atoms with E-state index in [1.807, 2.05) is 0 Å². The smallest absolute Gasteiger partial charge is 0.203 e. The van der Waals surface area contributed by atoms with E-state index in [1.54, 1.807) is 7.11 Å². The Labute approximate surface area is 159 Å². The summed E-state index contributed by atoms with van der Waals surface area (Å²) in [7, 11) is -0.684. The van der Waals surface area contributed by atoms with E-state index < -0.39 is 7.37 Å². The van der Waals surface area contributed by atoms with Crippen molar-refractivity contribution in [1.82, 2.24) is 0 Å². The maximum Gasteiger partial charge on any atom is 0.203 e. The van der Waals surface area contributed by atoms with Crippen LogP contribution in [0, 0.1) is 59.2 Å². The summed E-state index contributed by atoms with van der Waals surface area (Å²) in [5, 5.41) is 0. The van der Waals surface area contributed by atoms with Gasteiger partial charge in [0.1, 0.15) is 0 Å². The van der Waals surface area contributed by atoms with Gasteiger partial charge in [-0.15, -0.1) is 0 Å². The lowest BCUT2D eigenvalue weighted by atomic mass is 9.52. The molecule has 0 saturated heterocycles. The lowest BCUT2D eigenvalue weighted by molar-refractivity contribution is -0.0315. The summed E-state index contributed by atoms with van der Waals surface area (Å²) in [4.78, 5) is 0. The highest BCUT2D eigenvalue weighted by molar-refractivity contribution is 7.59. The van der Waals surface area contributed by atoms with E-state index in [0.29, 0.717) is 0 Å². The summed E-state index contributed by atoms with van der Waals surface area (Å²) < 4.78 is 19.8. The van der Waals surface area contributed by atoms with Crippen molar-refractivity contribution in [2.24, 2.45) is 59.2 Å². The van der Waals surface area contributed by atoms with Gasteiger partial charge in [-0.2, -0.15) is 0 Å². The van der Waals surface area contributed by atoms with Crippen LogP contribution in [-0.4, -0.2) is 19.4 Å². The second kappa shape index (κ2) is 6.09. The fourth-order valence-electron chi connectivity index (χ4n) is 9.54. The number of rotatable bonds is 5. The molecule has 8 fully saturated rings. The first-order valence-corrected chi connectivity index (χ1v) is 13.7. The highest BCUT2D eigenvalue weighted by Gasteiger charge is 2.53. The molecule has 8 saturated carbocycles. The average molecular weight is 377 g/mol. The monoisotopic (exact) mass is 376 g/mol. The van der Waals surface area contributed by atoms with E-state index in [9.17, 15) is 4.57 Å². The first-order valence-electron chi connectivity index (χ1n) is 11.7. The Bertz CT molecular complexity index is 509. The molecule has 0 atom stereocenters. The summed E-state index contributed by atoms with van der Waals surface area (Å²) >= 11 is 0. The van der Waals surface area contributed by atoms with Gasteiger partial charge in [0.05, 0.1) is 0 Å². The molecule has 0 N–H and O–H groups in total. The van der Waals surface area contributed by atoms with Crippen LogP contribution in [0.5, 0.6) is 0 Å². The first-order chi connectivity index (χ1) is 12.6. The predicted octanol–water partition coefficient (Wildman–Crippen LogP) is 6.06. The van der Waals surface area contributed by atoms with Gasteiger partial charge in [0.2, 0.25) is 7.37 Å². The van der Waals surface area contributed by atoms with Crippen molar-refractivity contribution in [3.05, 3.63) is 0 Å². The third kappa shape index (κ3) is 2.72. The van der Waals surface area contributed by atoms with Gasteiger partial charge < -0.3 is 4.52 Å². The Balaban J connectivity index is 1.18. The van der Waals surface area contributed by atoms with E-state index in [4.69, 9.17) is 4.52 Å². The van der Waals surface area contributed by atoms with Gasteiger partial charge in [0.15, 0.2) is 0 Å². The lowest BCUT2D eigenvalue weighted by Gasteiger charge is -2.56. The van der Waals surface area contributed by atoms with E-state index in [2.05, 4.69) is 0 Å². The second-order valence-corrected chi connectivity index (χ2v) is 14.3. The molecule has 0 amide bonds. The zero-order valence-electron chi connectivity index (χ0n) is 16.5. The van der Waals surface area contributed by atoms with Gasteiger partial charge >= 0.3 is 0 Å². The van der Waals surface area contributed by atoms with Gasteiger partial charge in [0, 0.05) is 19.4 Å². The fourth-order valence-corrected chi connectivity index (χ4v) is 12.5. The molecule has 8 aliphatic rings. The Morgan fingerprint density at radius 2 is 0.923 bits per heavy atom. The normalized spacial score (nSPS) is 56.0. The molecular weight excluding hydrogens is 339 g/mol. The molecule has 8 aliphatic carbocycles. The van der Waals surface area contributed by atoms with Crippen molar-refractivity contribution < 1.29 is 9.09 Å². The fraction of sp³-hybridized carbons (Fsp3) is 1.00. The van der Waals surface area contributed by atoms with Gasteiger partial charge in [-0.05, 0) is 123 Å². The summed E-state index contributed by atoms with van der Waals surface area (Å²) in [5.41, 5.74) is 0. The molecule has 26 heavy (non-hydrogen) atoms. The molecule has 146 valence electrons. The van der Waals surface area contributed by atoms with Crippen molar-refractivity contribution >= 4 is 7.37 Å². The number of hydrogen-bond acceptors (Lipinski definition) is 2. The Kier molecular flexibility index (Phi) is 4.00. The molecule has 0 unspecified atom stereocenters. The minimum Gasteiger partial charge on any atom is -0.332 e. The summed E-state index contributed by atoms with van der Waals surface area (Å²) in [6, 6.07) is 0. The minimum atomic E-state index is -2.46. The molecule has 8 bridgehead atoms. The SMILES string of the molecule is COP(=O)(CC1C2CC3CC(C2)CC1C3)CC1C2CC3CC(C2)CC1C3. The van der Waals surface area contributed by atoms with Gasteiger partial charge in [-0.25, -0.2) is 0 Å². The average Bonchev–Trinajstić information content (AvgIpc) is 2.60. The van der Waals surface area contributed by atoms with Crippen LogP contribution in [0.15, 0.2) is 0 Å². The zero-order chi connectivity index (χ0) is 17.5. The highest BCUT2D eigenvalue weighted by atomic mass is 31.2. The first kappa shape index (κ1) is 17.1. The molecule has 3 heteroatoms. The molecule has 0 spiro atoms. The Hall–Kier alpha value is 0.190. The van der Waals surface area contributed by atoms with E-state index >= 15 is 0 Å². The van der Waals surface area contributed by atoms with Gasteiger partial charge in [-0.3, -0.25) is 4.57 Å². The largest absolute Gasteiger partial charge is 0.332 e. The summed E-state index contributed by atoms with van der Waals surface area (Å²) in [6.07, 6.45) is 16.4. The van der Waals surface area contributed by atoms with Crippen LogP contribution in [0.4, 0.5) is 0 Å². The van der Waals surface area contributed by atoms with Gasteiger partial charge in [-0.1, -0.05) is 0 Å². The molecule has 0 aromatic heterocycles. The van der Waals surface area contributed by atoms with E-state index in [1.165, 1.54) is 64.2 Å². The standard InChI is InChI=1S/C23H37O2P/c1-25-26(24,12-22-18-4-14-2-15(6-18)7-19(22)5-14)13-23-20-8-16-3-17(10-20)11-21(23)9-16/h14-23H,2-13H2,1H3. The van der Waals surface area contributed by atoms with E-state index in [0.717, 1.165) is 71.5 Å². The molecule has 0 heterocycles. The molecule has 0 aromatic carbocycles. The van der Waals surface area contributed by atoms with E-state index in [-0.39, 0.29) is 0 Å². The van der Waals surface area contributed by atoms with Crippen molar-refractivity contribution in [1.29, 1.82) is 0 Å². The third-order valence-corrected chi connectivity index (χ3v) is 12.8. The van der Waals surface area contributed by atoms with Crippen LogP contribution in [0.2, 0.25) is 0 Å². The second-order valence-electron chi connectivity index (χ2n) is 11.6. The van der Waals surface area contributed by atoms with Crippen LogP contribution < -0.4 is 0 Å². The molecular formula is C23H37O2P. The van der Waals surface area contributed by atoms with Crippen LogP contribution in [0.3, 0.4) is 0 Å². The van der Waals surface area contributed by atoms with Crippen molar-refractivity contribution in [2.75, 3.05) is 19.4 Å². The van der Waals surface area contributed by atoms with Crippen LogP contribution in [0.1, 0.15) is 64.2 Å². The Morgan fingerprint density at radius 3 is 1.19 bits per heavy atom. The maximum absolute atomic E-state index is 13.9. The highest BCUT2D eigenvalue weighted by Crippen LogP contribution is 2.64. The lowest BCUT2D eigenvalue weighted by Crippen LogP contribution is -2.48. The van der Waals surface area contributed by atoms with Crippen LogP contribution in [-0.2, 0) is 9.09 Å². The Morgan fingerprint density at radius 1 is 0.615 bits per heavy atom.